The summed E-state index contributed by atoms with van der Waals surface area (Å²) in [5.74, 6) is 0. The van der Waals surface area contributed by atoms with Crippen LogP contribution in [0.15, 0.2) is 65.1 Å². The number of aromatic nitrogens is 1. The number of urea groups is 1. The molecule has 1 aromatic heterocycles. The second-order valence-corrected chi connectivity index (χ2v) is 6.80. The molecule has 0 aliphatic carbocycles. The fourth-order valence-corrected chi connectivity index (χ4v) is 3.13. The molecule has 4 nitrogen and oxygen atoms in total. The topological polar surface area (TPSA) is 46.1 Å². The normalized spacial score (nSPS) is 10.5. The van der Waals surface area contributed by atoms with Gasteiger partial charge in [0.05, 0.1) is 0 Å². The maximum Gasteiger partial charge on any atom is 0.319 e. The van der Waals surface area contributed by atoms with E-state index in [2.05, 4.69) is 63.2 Å². The molecule has 0 bridgehead atoms. The zero-order valence-corrected chi connectivity index (χ0v) is 15.8. The smallest absolute Gasteiger partial charge is 0.319 e. The Kier molecular flexibility index (Phi) is 5.24. The van der Waals surface area contributed by atoms with Gasteiger partial charge in [-0.2, -0.15) is 0 Å². The lowest BCUT2D eigenvalue weighted by Gasteiger charge is -2.10. The van der Waals surface area contributed by atoms with E-state index in [0.717, 1.165) is 32.8 Å². The third kappa shape index (κ3) is 4.12. The van der Waals surface area contributed by atoms with Crippen molar-refractivity contribution in [1.29, 1.82) is 0 Å². The van der Waals surface area contributed by atoms with Crippen LogP contribution in [0.3, 0.4) is 0 Å². The maximum absolute atomic E-state index is 12.1. The molecular weight excluding hydrogens is 378 g/mol. The summed E-state index contributed by atoms with van der Waals surface area (Å²) in [6.07, 6.45) is 0. The van der Waals surface area contributed by atoms with Crippen molar-refractivity contribution in [2.24, 2.45) is 0 Å². The summed E-state index contributed by atoms with van der Waals surface area (Å²) in [4.78, 5) is 12.1. The molecule has 0 radical (unpaired) electrons. The van der Waals surface area contributed by atoms with Crippen molar-refractivity contribution in [3.05, 3.63) is 82.1 Å². The molecule has 25 heavy (non-hydrogen) atoms. The quantitative estimate of drug-likeness (QED) is 0.625. The fourth-order valence-electron chi connectivity index (χ4n) is 2.87. The van der Waals surface area contributed by atoms with Gasteiger partial charge >= 0.3 is 6.03 Å². The summed E-state index contributed by atoms with van der Waals surface area (Å²) < 4.78 is 3.18. The minimum absolute atomic E-state index is 0.216. The number of carbonyl (C=O) groups excluding carboxylic acids is 1. The first-order chi connectivity index (χ1) is 12.0. The number of carbonyl (C=O) groups is 1. The Bertz CT molecular complexity index is 870. The Balaban J connectivity index is 1.67. The molecular formula is C20H20BrN3O. The van der Waals surface area contributed by atoms with E-state index in [9.17, 15) is 4.79 Å². The van der Waals surface area contributed by atoms with Gasteiger partial charge in [-0.1, -0.05) is 34.1 Å². The van der Waals surface area contributed by atoms with Gasteiger partial charge < -0.3 is 15.2 Å². The highest BCUT2D eigenvalue weighted by molar-refractivity contribution is 9.10. The predicted octanol–water partition coefficient (Wildman–Crippen LogP) is 5.18. The minimum Gasteiger partial charge on any atom is -0.334 e. The molecule has 0 saturated heterocycles. The van der Waals surface area contributed by atoms with Crippen molar-refractivity contribution in [2.45, 2.75) is 20.4 Å². The molecule has 128 valence electrons. The van der Waals surface area contributed by atoms with Crippen LogP contribution in [0, 0.1) is 13.8 Å². The molecule has 3 rings (SSSR count). The monoisotopic (exact) mass is 397 g/mol. The van der Waals surface area contributed by atoms with Gasteiger partial charge in [0.25, 0.3) is 0 Å². The van der Waals surface area contributed by atoms with Crippen LogP contribution < -0.4 is 10.6 Å². The molecule has 0 saturated carbocycles. The van der Waals surface area contributed by atoms with Gasteiger partial charge in [0.1, 0.15) is 0 Å². The zero-order chi connectivity index (χ0) is 17.8. The Hall–Kier alpha value is -2.53. The minimum atomic E-state index is -0.216. The number of benzene rings is 2. The average Bonchev–Trinajstić information content (AvgIpc) is 2.89. The third-order valence-corrected chi connectivity index (χ3v) is 4.62. The van der Waals surface area contributed by atoms with E-state index in [1.54, 1.807) is 0 Å². The van der Waals surface area contributed by atoms with Gasteiger partial charge in [0.15, 0.2) is 0 Å². The van der Waals surface area contributed by atoms with E-state index in [0.29, 0.717) is 6.54 Å². The van der Waals surface area contributed by atoms with Crippen LogP contribution in [0.2, 0.25) is 0 Å². The second kappa shape index (κ2) is 7.57. The first-order valence-corrected chi connectivity index (χ1v) is 8.87. The number of nitrogens with one attached hydrogen (secondary N) is 2. The Morgan fingerprint density at radius 2 is 1.72 bits per heavy atom. The Morgan fingerprint density at radius 3 is 2.40 bits per heavy atom. The highest BCUT2D eigenvalue weighted by atomic mass is 79.9. The number of hydrogen-bond donors (Lipinski definition) is 2. The Labute approximate surface area is 156 Å². The van der Waals surface area contributed by atoms with Crippen LogP contribution in [0.4, 0.5) is 10.5 Å². The summed E-state index contributed by atoms with van der Waals surface area (Å²) >= 11 is 3.38. The molecule has 0 spiro atoms. The molecule has 5 heteroatoms. The lowest BCUT2D eigenvalue weighted by atomic mass is 10.2. The average molecular weight is 398 g/mol. The maximum atomic E-state index is 12.1. The number of aryl methyl sites for hydroxylation is 1. The first kappa shape index (κ1) is 17.3. The summed E-state index contributed by atoms with van der Waals surface area (Å²) in [6.45, 7) is 4.63. The molecule has 0 unspecified atom stereocenters. The number of anilines is 1. The Morgan fingerprint density at radius 1 is 1.04 bits per heavy atom. The molecule has 0 atom stereocenters. The second-order valence-electron chi connectivity index (χ2n) is 5.88. The number of amides is 2. The number of rotatable bonds is 4. The summed E-state index contributed by atoms with van der Waals surface area (Å²) in [6, 6.07) is 19.6. The number of hydrogen-bond acceptors (Lipinski definition) is 1. The van der Waals surface area contributed by atoms with Crippen molar-refractivity contribution in [3.8, 4) is 5.69 Å². The largest absolute Gasteiger partial charge is 0.334 e. The van der Waals surface area contributed by atoms with Crippen LogP contribution in [0.5, 0.6) is 0 Å². The summed E-state index contributed by atoms with van der Waals surface area (Å²) in [7, 11) is 0. The molecule has 0 aliphatic rings. The van der Waals surface area contributed by atoms with Gasteiger partial charge in [-0.25, -0.2) is 4.79 Å². The lowest BCUT2D eigenvalue weighted by molar-refractivity contribution is 0.251. The van der Waals surface area contributed by atoms with E-state index >= 15 is 0 Å². The van der Waals surface area contributed by atoms with E-state index in [1.165, 1.54) is 0 Å². The van der Waals surface area contributed by atoms with E-state index in [4.69, 9.17) is 0 Å². The zero-order valence-electron chi connectivity index (χ0n) is 14.2. The standard InChI is InChI=1S/C20H20BrN3O/c1-14-12-16(15(2)24(14)19-6-4-3-5-7-19)13-22-20(25)23-18-10-8-17(21)9-11-18/h3-12H,13H2,1-2H3,(H2,22,23,25). The number of halogens is 1. The van der Waals surface area contributed by atoms with Crippen LogP contribution >= 0.6 is 15.9 Å². The van der Waals surface area contributed by atoms with Crippen LogP contribution in [-0.2, 0) is 6.54 Å². The highest BCUT2D eigenvalue weighted by Crippen LogP contribution is 2.20. The number of para-hydroxylation sites is 1. The van der Waals surface area contributed by atoms with Gasteiger partial charge in [0, 0.05) is 33.8 Å². The van der Waals surface area contributed by atoms with E-state index in [1.807, 2.05) is 42.5 Å². The molecule has 0 aliphatic heterocycles. The van der Waals surface area contributed by atoms with E-state index < -0.39 is 0 Å². The SMILES string of the molecule is Cc1cc(CNC(=O)Nc2ccc(Br)cc2)c(C)n1-c1ccccc1. The highest BCUT2D eigenvalue weighted by Gasteiger charge is 2.11. The van der Waals surface area contributed by atoms with Crippen molar-refractivity contribution in [2.75, 3.05) is 5.32 Å². The summed E-state index contributed by atoms with van der Waals surface area (Å²) in [5.41, 5.74) is 5.27. The van der Waals surface area contributed by atoms with Crippen LogP contribution in [0.25, 0.3) is 5.69 Å². The predicted molar refractivity (Wildman–Crippen MR) is 105 cm³/mol. The van der Waals surface area contributed by atoms with Crippen molar-refractivity contribution < 1.29 is 4.79 Å². The van der Waals surface area contributed by atoms with Gasteiger partial charge in [-0.05, 0) is 61.9 Å². The van der Waals surface area contributed by atoms with Crippen molar-refractivity contribution >= 4 is 27.6 Å². The van der Waals surface area contributed by atoms with E-state index in [-0.39, 0.29) is 6.03 Å². The van der Waals surface area contributed by atoms with Gasteiger partial charge in [-0.15, -0.1) is 0 Å². The number of nitrogens with zero attached hydrogens (tertiary/aromatic N) is 1. The molecule has 2 amide bonds. The van der Waals surface area contributed by atoms with Gasteiger partial charge in [-0.3, -0.25) is 0 Å². The van der Waals surface area contributed by atoms with Crippen molar-refractivity contribution in [3.63, 3.8) is 0 Å². The molecule has 1 heterocycles. The fraction of sp³-hybridized carbons (Fsp3) is 0.150. The van der Waals surface area contributed by atoms with Gasteiger partial charge in [0.2, 0.25) is 0 Å². The third-order valence-electron chi connectivity index (χ3n) is 4.09. The van der Waals surface area contributed by atoms with Crippen LogP contribution in [0.1, 0.15) is 17.0 Å². The molecule has 2 aromatic carbocycles. The lowest BCUT2D eigenvalue weighted by Crippen LogP contribution is -2.28. The molecule has 3 aromatic rings. The molecule has 0 fully saturated rings. The van der Waals surface area contributed by atoms with Crippen LogP contribution in [-0.4, -0.2) is 10.6 Å². The molecule has 2 N–H and O–H groups in total. The van der Waals surface area contributed by atoms with Crippen molar-refractivity contribution in [1.82, 2.24) is 9.88 Å². The summed E-state index contributed by atoms with van der Waals surface area (Å²) in [5, 5.41) is 5.75. The first-order valence-electron chi connectivity index (χ1n) is 8.08.